The lowest BCUT2D eigenvalue weighted by atomic mass is 9.84. The van der Waals surface area contributed by atoms with Gasteiger partial charge in [-0.05, 0) is 42.5 Å². The quantitative estimate of drug-likeness (QED) is 0.260. The van der Waals surface area contributed by atoms with Crippen LogP contribution in [0, 0.1) is 0 Å². The highest BCUT2D eigenvalue weighted by Gasteiger charge is 2.49. The summed E-state index contributed by atoms with van der Waals surface area (Å²) in [6.07, 6.45) is 6.80. The van der Waals surface area contributed by atoms with Crippen LogP contribution in [0.1, 0.15) is 75.6 Å². The standard InChI is InChI=1S/C30H34N2O4/c1-30(2,3)22-16-18(14-15-24(22)36-4)27(33)25-26(21-17-31-23-13-9-8-12-20(21)23)32(29(35)28(25)34)19-10-6-5-7-11-19/h8-9,12-17,19,26,31,33H,5-7,10-11H2,1-4H3/b27-25+. The molecule has 1 unspecified atom stereocenters. The Morgan fingerprint density at radius 2 is 1.78 bits per heavy atom. The first-order valence-electron chi connectivity index (χ1n) is 12.8. The van der Waals surface area contributed by atoms with E-state index in [9.17, 15) is 14.7 Å². The minimum Gasteiger partial charge on any atom is -0.507 e. The van der Waals surface area contributed by atoms with Gasteiger partial charge >= 0.3 is 0 Å². The van der Waals surface area contributed by atoms with Crippen LogP contribution < -0.4 is 4.74 Å². The summed E-state index contributed by atoms with van der Waals surface area (Å²) in [6, 6.07) is 12.6. The number of carbonyl (C=O) groups excluding carboxylic acids is 2. The lowest BCUT2D eigenvalue weighted by Gasteiger charge is -2.35. The number of Topliss-reactive ketones (excluding diaryl/α,β-unsaturated/α-hetero) is 1. The number of likely N-dealkylation sites (tertiary alicyclic amines) is 1. The number of nitrogens with zero attached hydrogens (tertiary/aromatic N) is 1. The zero-order valence-electron chi connectivity index (χ0n) is 21.4. The third-order valence-corrected chi connectivity index (χ3v) is 7.64. The molecule has 1 aliphatic carbocycles. The highest BCUT2D eigenvalue weighted by atomic mass is 16.5. The summed E-state index contributed by atoms with van der Waals surface area (Å²) in [5.41, 5.74) is 3.10. The predicted octanol–water partition coefficient (Wildman–Crippen LogP) is 6.23. The molecule has 2 aliphatic rings. The van der Waals surface area contributed by atoms with Gasteiger partial charge in [0, 0.05) is 39.8 Å². The number of rotatable bonds is 4. The SMILES string of the molecule is COc1ccc(/C(O)=C2\C(=O)C(=O)N(C3CCCCC3)C2c2c[nH]c3ccccc23)cc1C(C)(C)C. The van der Waals surface area contributed by atoms with Gasteiger partial charge in [-0.25, -0.2) is 0 Å². The molecule has 6 heteroatoms. The number of amides is 1. The Hall–Kier alpha value is -3.54. The van der Waals surface area contributed by atoms with E-state index in [0.29, 0.717) is 5.56 Å². The molecule has 3 aromatic rings. The molecule has 1 saturated heterocycles. The molecule has 36 heavy (non-hydrogen) atoms. The van der Waals surface area contributed by atoms with Gasteiger partial charge in [-0.3, -0.25) is 9.59 Å². The topological polar surface area (TPSA) is 82.6 Å². The van der Waals surface area contributed by atoms with Crippen molar-refractivity contribution in [2.45, 2.75) is 70.4 Å². The van der Waals surface area contributed by atoms with E-state index in [1.807, 2.05) is 42.6 Å². The summed E-state index contributed by atoms with van der Waals surface area (Å²) < 4.78 is 5.56. The van der Waals surface area contributed by atoms with Gasteiger partial charge in [0.1, 0.15) is 11.5 Å². The van der Waals surface area contributed by atoms with Crippen molar-refractivity contribution < 1.29 is 19.4 Å². The van der Waals surface area contributed by atoms with Gasteiger partial charge in [0.05, 0.1) is 18.7 Å². The first-order valence-corrected chi connectivity index (χ1v) is 12.8. The minimum atomic E-state index is -0.649. The van der Waals surface area contributed by atoms with E-state index in [0.717, 1.165) is 59.9 Å². The van der Waals surface area contributed by atoms with Gasteiger partial charge in [0.2, 0.25) is 0 Å². The average molecular weight is 487 g/mol. The van der Waals surface area contributed by atoms with Crippen LogP contribution in [0.5, 0.6) is 5.75 Å². The van der Waals surface area contributed by atoms with Crippen LogP contribution in [0.2, 0.25) is 0 Å². The van der Waals surface area contributed by atoms with Crippen molar-refractivity contribution in [3.05, 3.63) is 70.9 Å². The summed E-state index contributed by atoms with van der Waals surface area (Å²) in [5.74, 6) is -0.574. The number of carbonyl (C=O) groups is 2. The number of ketones is 1. The van der Waals surface area contributed by atoms with Gasteiger partial charge in [-0.2, -0.15) is 0 Å². The summed E-state index contributed by atoms with van der Waals surface area (Å²) in [5, 5.41) is 12.6. The van der Waals surface area contributed by atoms with Crippen LogP contribution in [0.3, 0.4) is 0 Å². The fraction of sp³-hybridized carbons (Fsp3) is 0.400. The second-order valence-electron chi connectivity index (χ2n) is 11.0. The zero-order chi connectivity index (χ0) is 25.6. The van der Waals surface area contributed by atoms with E-state index in [2.05, 4.69) is 25.8 Å². The molecule has 2 fully saturated rings. The van der Waals surface area contributed by atoms with Gasteiger partial charge < -0.3 is 19.7 Å². The number of hydrogen-bond acceptors (Lipinski definition) is 4. The van der Waals surface area contributed by atoms with Crippen molar-refractivity contribution in [2.24, 2.45) is 0 Å². The molecular weight excluding hydrogens is 452 g/mol. The van der Waals surface area contributed by atoms with Gasteiger partial charge in [-0.1, -0.05) is 58.2 Å². The second-order valence-corrected chi connectivity index (χ2v) is 11.0. The molecular formula is C30H34N2O4. The van der Waals surface area contributed by atoms with E-state index < -0.39 is 17.7 Å². The maximum absolute atomic E-state index is 13.6. The van der Waals surface area contributed by atoms with Crippen LogP contribution in [-0.4, -0.2) is 39.8 Å². The first-order chi connectivity index (χ1) is 17.2. The molecule has 2 heterocycles. The number of hydrogen-bond donors (Lipinski definition) is 2. The second kappa shape index (κ2) is 9.16. The van der Waals surface area contributed by atoms with Crippen LogP contribution in [0.4, 0.5) is 0 Å². The Bertz CT molecular complexity index is 1350. The molecule has 0 radical (unpaired) electrons. The highest BCUT2D eigenvalue weighted by molar-refractivity contribution is 6.46. The monoisotopic (exact) mass is 486 g/mol. The molecule has 1 amide bonds. The van der Waals surface area contributed by atoms with Crippen molar-refractivity contribution >= 4 is 28.4 Å². The Morgan fingerprint density at radius 1 is 1.06 bits per heavy atom. The largest absolute Gasteiger partial charge is 0.507 e. The number of ether oxygens (including phenoxy) is 1. The molecule has 1 atom stereocenters. The maximum atomic E-state index is 13.6. The number of benzene rings is 2. The molecule has 2 N–H and O–H groups in total. The minimum absolute atomic E-state index is 0.0276. The van der Waals surface area contributed by atoms with Crippen LogP contribution in [0.25, 0.3) is 16.7 Å². The number of aromatic nitrogens is 1. The molecule has 188 valence electrons. The zero-order valence-corrected chi connectivity index (χ0v) is 21.4. The molecule has 2 aromatic carbocycles. The van der Waals surface area contributed by atoms with Crippen molar-refractivity contribution in [3.8, 4) is 5.75 Å². The van der Waals surface area contributed by atoms with Gasteiger partial charge in [-0.15, -0.1) is 0 Å². The highest BCUT2D eigenvalue weighted by Crippen LogP contribution is 2.45. The molecule has 1 aliphatic heterocycles. The molecule has 0 bridgehead atoms. The molecule has 6 nitrogen and oxygen atoms in total. The van der Waals surface area contributed by atoms with E-state index in [4.69, 9.17) is 4.74 Å². The lowest BCUT2D eigenvalue weighted by molar-refractivity contribution is -0.141. The van der Waals surface area contributed by atoms with E-state index >= 15 is 0 Å². The number of H-pyrrole nitrogens is 1. The van der Waals surface area contributed by atoms with E-state index in [-0.39, 0.29) is 22.8 Å². The summed E-state index contributed by atoms with van der Waals surface area (Å²) in [6.45, 7) is 6.22. The normalized spacial score (nSPS) is 20.9. The van der Waals surface area contributed by atoms with Crippen LogP contribution in [0.15, 0.2) is 54.2 Å². The Labute approximate surface area is 212 Å². The van der Waals surface area contributed by atoms with Crippen molar-refractivity contribution in [3.63, 3.8) is 0 Å². The fourth-order valence-corrected chi connectivity index (χ4v) is 5.81. The predicted molar refractivity (Wildman–Crippen MR) is 141 cm³/mol. The third kappa shape index (κ3) is 3.98. The number of aliphatic hydroxyl groups is 1. The maximum Gasteiger partial charge on any atom is 0.295 e. The van der Waals surface area contributed by atoms with Crippen molar-refractivity contribution in [1.82, 2.24) is 9.88 Å². The molecule has 1 aromatic heterocycles. The Kier molecular flexibility index (Phi) is 6.15. The van der Waals surface area contributed by atoms with Crippen molar-refractivity contribution in [1.29, 1.82) is 0 Å². The Balaban J connectivity index is 1.72. The van der Waals surface area contributed by atoms with Gasteiger partial charge in [0.15, 0.2) is 0 Å². The number of aromatic amines is 1. The molecule has 1 saturated carbocycles. The summed E-state index contributed by atoms with van der Waals surface area (Å²) in [7, 11) is 1.62. The Morgan fingerprint density at radius 3 is 2.47 bits per heavy atom. The van der Waals surface area contributed by atoms with Crippen LogP contribution >= 0.6 is 0 Å². The number of methoxy groups -OCH3 is 1. The number of aliphatic hydroxyl groups excluding tert-OH is 1. The fourth-order valence-electron chi connectivity index (χ4n) is 5.81. The lowest BCUT2D eigenvalue weighted by Crippen LogP contribution is -2.40. The third-order valence-electron chi connectivity index (χ3n) is 7.64. The average Bonchev–Trinajstić information content (AvgIpc) is 3.41. The molecule has 0 spiro atoms. The van der Waals surface area contributed by atoms with Crippen LogP contribution in [-0.2, 0) is 15.0 Å². The van der Waals surface area contributed by atoms with E-state index in [1.165, 1.54) is 0 Å². The summed E-state index contributed by atoms with van der Waals surface area (Å²) >= 11 is 0. The summed E-state index contributed by atoms with van der Waals surface area (Å²) in [4.78, 5) is 32.1. The smallest absolute Gasteiger partial charge is 0.295 e. The van der Waals surface area contributed by atoms with Crippen molar-refractivity contribution in [2.75, 3.05) is 7.11 Å². The van der Waals surface area contributed by atoms with Gasteiger partial charge in [0.25, 0.3) is 11.7 Å². The number of para-hydroxylation sites is 1. The number of nitrogens with one attached hydrogen (secondary N) is 1. The number of fused-ring (bicyclic) bond motifs is 1. The molecule has 5 rings (SSSR count). The first kappa shape index (κ1) is 24.2. The van der Waals surface area contributed by atoms with E-state index in [1.54, 1.807) is 18.1 Å².